The zero-order chi connectivity index (χ0) is 16.1. The molecule has 2 aliphatic heterocycles. The molecule has 0 bridgehead atoms. The second-order valence-corrected chi connectivity index (χ2v) is 8.76. The predicted octanol–water partition coefficient (Wildman–Crippen LogP) is 1.90. The first kappa shape index (κ1) is 14.9. The summed E-state index contributed by atoms with van der Waals surface area (Å²) in [4.78, 5) is 19.2. The molecule has 5 rings (SSSR count). The zero-order valence-corrected chi connectivity index (χ0v) is 15.0. The first-order valence-corrected chi connectivity index (χ1v) is 10.5. The van der Waals surface area contributed by atoms with Crippen molar-refractivity contribution in [3.63, 3.8) is 0 Å². The fourth-order valence-electron chi connectivity index (χ4n) is 3.33. The number of aromatic nitrogens is 4. The molecule has 1 saturated heterocycles. The van der Waals surface area contributed by atoms with Crippen molar-refractivity contribution >= 4 is 28.4 Å². The Bertz CT molecular complexity index is 822. The first-order valence-electron chi connectivity index (χ1n) is 8.52. The van der Waals surface area contributed by atoms with Crippen LogP contribution in [-0.2, 0) is 18.7 Å². The third kappa shape index (κ3) is 2.75. The summed E-state index contributed by atoms with van der Waals surface area (Å²) < 4.78 is 6.14. The van der Waals surface area contributed by atoms with E-state index in [1.807, 2.05) is 11.8 Å². The van der Waals surface area contributed by atoms with Gasteiger partial charge in [0.05, 0.1) is 12.2 Å². The minimum absolute atomic E-state index is 0.0432. The van der Waals surface area contributed by atoms with Crippen LogP contribution in [0.2, 0.25) is 0 Å². The van der Waals surface area contributed by atoms with Gasteiger partial charge in [-0.2, -0.15) is 21.2 Å². The summed E-state index contributed by atoms with van der Waals surface area (Å²) in [6, 6.07) is 1.79. The smallest absolute Gasteiger partial charge is 0.267 e. The van der Waals surface area contributed by atoms with Crippen LogP contribution in [0.5, 0.6) is 0 Å². The summed E-state index contributed by atoms with van der Waals surface area (Å²) in [5.41, 5.74) is 2.29. The van der Waals surface area contributed by atoms with Gasteiger partial charge in [0.25, 0.3) is 5.56 Å². The third-order valence-corrected chi connectivity index (χ3v) is 6.74. The normalized spacial score (nSPS) is 20.8. The molecule has 2 aromatic rings. The van der Waals surface area contributed by atoms with Gasteiger partial charge in [0.2, 0.25) is 5.13 Å². The van der Waals surface area contributed by atoms with E-state index in [-0.39, 0.29) is 5.56 Å². The molecule has 2 aromatic heterocycles. The standard InChI is InChI=1S/C16H19N5OS2/c22-14-5-12-9-23-4-3-13(12)18-21(14)8-10-6-20(7-10)16-17-15(19-24-16)11-1-2-11/h5,10-11H,1-4,6-9H2. The van der Waals surface area contributed by atoms with Gasteiger partial charge in [0.1, 0.15) is 5.82 Å². The third-order valence-electron chi connectivity index (χ3n) is 4.94. The highest BCUT2D eigenvalue weighted by Gasteiger charge is 2.33. The molecule has 3 aliphatic rings. The topological polar surface area (TPSA) is 63.9 Å². The molecule has 4 heterocycles. The molecule has 1 saturated carbocycles. The van der Waals surface area contributed by atoms with Gasteiger partial charge in [0, 0.05) is 54.7 Å². The Hall–Kier alpha value is -1.41. The summed E-state index contributed by atoms with van der Waals surface area (Å²) in [6.07, 6.45) is 3.46. The van der Waals surface area contributed by atoms with Crippen molar-refractivity contribution in [1.29, 1.82) is 0 Å². The van der Waals surface area contributed by atoms with E-state index in [1.165, 1.54) is 24.4 Å². The second kappa shape index (κ2) is 5.84. The van der Waals surface area contributed by atoms with Gasteiger partial charge in [-0.05, 0) is 24.2 Å². The molecule has 0 amide bonds. The van der Waals surface area contributed by atoms with Crippen molar-refractivity contribution in [3.05, 3.63) is 33.5 Å². The maximum absolute atomic E-state index is 12.3. The van der Waals surface area contributed by atoms with Crippen molar-refractivity contribution in [2.45, 2.75) is 37.5 Å². The molecule has 0 spiro atoms. The minimum Gasteiger partial charge on any atom is -0.346 e. The molecule has 0 atom stereocenters. The van der Waals surface area contributed by atoms with Crippen molar-refractivity contribution in [2.75, 3.05) is 23.7 Å². The van der Waals surface area contributed by atoms with Crippen LogP contribution in [0.3, 0.4) is 0 Å². The van der Waals surface area contributed by atoms with E-state index in [1.54, 1.807) is 10.7 Å². The van der Waals surface area contributed by atoms with Crippen molar-refractivity contribution in [2.24, 2.45) is 5.92 Å². The van der Waals surface area contributed by atoms with E-state index < -0.39 is 0 Å². The Morgan fingerprint density at radius 3 is 3.00 bits per heavy atom. The molecule has 126 valence electrons. The summed E-state index contributed by atoms with van der Waals surface area (Å²) in [5, 5.41) is 5.65. The quantitative estimate of drug-likeness (QED) is 0.829. The van der Waals surface area contributed by atoms with Gasteiger partial charge in [-0.3, -0.25) is 4.79 Å². The maximum atomic E-state index is 12.3. The van der Waals surface area contributed by atoms with Crippen molar-refractivity contribution < 1.29 is 0 Å². The summed E-state index contributed by atoms with van der Waals surface area (Å²) in [7, 11) is 0. The molecule has 0 N–H and O–H groups in total. The average molecular weight is 361 g/mol. The largest absolute Gasteiger partial charge is 0.346 e. The zero-order valence-electron chi connectivity index (χ0n) is 13.3. The molecule has 8 heteroatoms. The number of anilines is 1. The number of hydrogen-bond donors (Lipinski definition) is 0. The van der Waals surface area contributed by atoms with E-state index in [9.17, 15) is 4.79 Å². The molecule has 6 nitrogen and oxygen atoms in total. The Morgan fingerprint density at radius 2 is 2.17 bits per heavy atom. The van der Waals surface area contributed by atoms with Crippen molar-refractivity contribution in [3.8, 4) is 0 Å². The summed E-state index contributed by atoms with van der Waals surface area (Å²) in [5.74, 6) is 4.15. The highest BCUT2D eigenvalue weighted by atomic mass is 32.2. The van der Waals surface area contributed by atoms with Crippen LogP contribution in [0.25, 0.3) is 0 Å². The summed E-state index contributed by atoms with van der Waals surface area (Å²) in [6.45, 7) is 2.60. The Balaban J connectivity index is 1.24. The number of aryl methyl sites for hydroxylation is 1. The number of thioether (sulfide) groups is 1. The van der Waals surface area contributed by atoms with E-state index in [0.717, 1.165) is 53.2 Å². The number of fused-ring (bicyclic) bond motifs is 1. The Kier molecular flexibility index (Phi) is 3.62. The van der Waals surface area contributed by atoms with Gasteiger partial charge >= 0.3 is 0 Å². The fraction of sp³-hybridized carbons (Fsp3) is 0.625. The minimum atomic E-state index is 0.0432. The van der Waals surface area contributed by atoms with Crippen molar-refractivity contribution in [1.82, 2.24) is 19.1 Å². The maximum Gasteiger partial charge on any atom is 0.267 e. The molecule has 2 fully saturated rings. The SMILES string of the molecule is O=c1cc2c(nn1CC1CN(c3nc(C4CC4)ns3)C1)CCSC2. The Labute approximate surface area is 148 Å². The highest BCUT2D eigenvalue weighted by Crippen LogP contribution is 2.40. The van der Waals surface area contributed by atoms with Gasteiger partial charge in [0.15, 0.2) is 0 Å². The van der Waals surface area contributed by atoms with Crippen LogP contribution in [0.1, 0.15) is 35.8 Å². The van der Waals surface area contributed by atoms with E-state index in [0.29, 0.717) is 18.4 Å². The lowest BCUT2D eigenvalue weighted by Gasteiger charge is -2.38. The van der Waals surface area contributed by atoms with Crippen LogP contribution >= 0.6 is 23.3 Å². The average Bonchev–Trinajstić information content (AvgIpc) is 3.29. The lowest BCUT2D eigenvalue weighted by Crippen LogP contribution is -2.49. The van der Waals surface area contributed by atoms with Gasteiger partial charge in [-0.15, -0.1) is 0 Å². The van der Waals surface area contributed by atoms with Crippen LogP contribution in [-0.4, -0.2) is 38.0 Å². The van der Waals surface area contributed by atoms with Crippen LogP contribution < -0.4 is 10.5 Å². The molecule has 0 radical (unpaired) electrons. The summed E-state index contributed by atoms with van der Waals surface area (Å²) >= 11 is 3.39. The number of rotatable bonds is 4. The monoisotopic (exact) mass is 361 g/mol. The molecule has 0 aromatic carbocycles. The molecule has 0 unspecified atom stereocenters. The fourth-order valence-corrected chi connectivity index (χ4v) is 5.05. The van der Waals surface area contributed by atoms with E-state index >= 15 is 0 Å². The van der Waals surface area contributed by atoms with Gasteiger partial charge in [-0.1, -0.05) is 0 Å². The molecular weight excluding hydrogens is 342 g/mol. The lowest BCUT2D eigenvalue weighted by molar-refractivity contribution is 0.332. The second-order valence-electron chi connectivity index (χ2n) is 6.92. The van der Waals surface area contributed by atoms with Crippen LogP contribution in [0.15, 0.2) is 10.9 Å². The van der Waals surface area contributed by atoms with Gasteiger partial charge < -0.3 is 4.90 Å². The van der Waals surface area contributed by atoms with E-state index in [2.05, 4.69) is 19.4 Å². The van der Waals surface area contributed by atoms with Gasteiger partial charge in [-0.25, -0.2) is 9.67 Å². The number of nitrogens with zero attached hydrogens (tertiary/aromatic N) is 5. The Morgan fingerprint density at radius 1 is 1.29 bits per heavy atom. The highest BCUT2D eigenvalue weighted by molar-refractivity contribution is 7.98. The molecule has 24 heavy (non-hydrogen) atoms. The number of hydrogen-bond acceptors (Lipinski definition) is 7. The lowest BCUT2D eigenvalue weighted by atomic mass is 10.0. The first-order chi connectivity index (χ1) is 11.8. The van der Waals surface area contributed by atoms with Crippen LogP contribution in [0.4, 0.5) is 5.13 Å². The van der Waals surface area contributed by atoms with E-state index in [4.69, 9.17) is 0 Å². The molecular formula is C16H19N5OS2. The predicted molar refractivity (Wildman–Crippen MR) is 96.0 cm³/mol. The van der Waals surface area contributed by atoms with Crippen LogP contribution in [0, 0.1) is 5.92 Å². The molecule has 1 aliphatic carbocycles.